The van der Waals surface area contributed by atoms with Crippen molar-refractivity contribution in [2.75, 3.05) is 24.5 Å². The van der Waals surface area contributed by atoms with Crippen LogP contribution in [0.15, 0.2) is 35.6 Å². The molecule has 112 valence electrons. The van der Waals surface area contributed by atoms with Crippen molar-refractivity contribution >= 4 is 32.1 Å². The molecule has 1 aromatic heterocycles. The van der Waals surface area contributed by atoms with Gasteiger partial charge in [-0.3, -0.25) is 9.98 Å². The lowest BCUT2D eigenvalue weighted by molar-refractivity contribution is 0.514. The fourth-order valence-corrected chi connectivity index (χ4v) is 3.60. The second kappa shape index (κ2) is 5.58. The number of aromatic nitrogens is 2. The van der Waals surface area contributed by atoms with Crippen LogP contribution in [0.1, 0.15) is 11.1 Å². The molecule has 0 aliphatic carbocycles. The van der Waals surface area contributed by atoms with Gasteiger partial charge in [-0.1, -0.05) is 12.1 Å². The molecule has 0 spiro atoms. The van der Waals surface area contributed by atoms with E-state index in [1.165, 1.54) is 11.1 Å². The summed E-state index contributed by atoms with van der Waals surface area (Å²) >= 11 is 2.31. The molecule has 22 heavy (non-hydrogen) atoms. The number of aliphatic imine (C=N–C) groups is 1. The molecular weight excluding hydrogens is 389 g/mol. The van der Waals surface area contributed by atoms with Crippen molar-refractivity contribution in [2.24, 2.45) is 10.7 Å². The summed E-state index contributed by atoms with van der Waals surface area (Å²) in [5.41, 5.74) is 10.4. The molecule has 2 N–H and O–H groups in total. The monoisotopic (exact) mass is 405 g/mol. The Bertz CT molecular complexity index is 752. The maximum absolute atomic E-state index is 5.84. The average Bonchev–Trinajstić information content (AvgIpc) is 2.52. The van der Waals surface area contributed by atoms with Gasteiger partial charge in [0.05, 0.1) is 18.1 Å². The molecule has 3 heterocycles. The Morgan fingerprint density at radius 1 is 1.23 bits per heavy atom. The van der Waals surface area contributed by atoms with E-state index < -0.39 is 0 Å². The van der Waals surface area contributed by atoms with Gasteiger partial charge in [0.1, 0.15) is 9.54 Å². The lowest BCUT2D eigenvalue weighted by Crippen LogP contribution is -2.56. The second-order valence-corrected chi connectivity index (χ2v) is 6.74. The molecule has 2 aliphatic rings. The molecule has 2 aliphatic heterocycles. The van der Waals surface area contributed by atoms with E-state index in [4.69, 9.17) is 10.7 Å². The summed E-state index contributed by atoms with van der Waals surface area (Å²) in [6.45, 7) is 2.59. The van der Waals surface area contributed by atoms with Crippen LogP contribution in [0.4, 0.5) is 5.82 Å². The van der Waals surface area contributed by atoms with Gasteiger partial charge in [0.25, 0.3) is 0 Å². The Hall–Kier alpha value is -1.54. The van der Waals surface area contributed by atoms with Crippen LogP contribution in [-0.2, 0) is 6.42 Å². The van der Waals surface area contributed by atoms with E-state index in [1.54, 1.807) is 6.20 Å². The van der Waals surface area contributed by atoms with E-state index in [0.717, 1.165) is 46.8 Å². The van der Waals surface area contributed by atoms with Crippen LogP contribution in [0.3, 0.4) is 0 Å². The minimum Gasteiger partial charge on any atom is -0.352 e. The molecule has 2 aromatic rings. The van der Waals surface area contributed by atoms with Crippen molar-refractivity contribution < 1.29 is 0 Å². The summed E-state index contributed by atoms with van der Waals surface area (Å²) in [4.78, 5) is 15.8. The minimum absolute atomic E-state index is 0.256. The standard InChI is InChI=1S/C16H16IN5/c17-16-13-5-11(2-1-10(13)3-4-20-16)14-6-19-7-15(21-14)22-8-12(18)9-22/h1-2,5-7,12H,3-4,8-9,18H2. The molecule has 5 nitrogen and oxygen atoms in total. The number of hydrogen-bond acceptors (Lipinski definition) is 5. The fraction of sp³-hybridized carbons (Fsp3) is 0.312. The van der Waals surface area contributed by atoms with Crippen molar-refractivity contribution in [1.29, 1.82) is 0 Å². The first kappa shape index (κ1) is 14.1. The Morgan fingerprint density at radius 2 is 2.09 bits per heavy atom. The zero-order valence-electron chi connectivity index (χ0n) is 12.0. The van der Waals surface area contributed by atoms with E-state index in [2.05, 4.69) is 55.7 Å². The van der Waals surface area contributed by atoms with Crippen LogP contribution >= 0.6 is 22.6 Å². The zero-order chi connectivity index (χ0) is 15.1. The number of nitrogens with zero attached hydrogens (tertiary/aromatic N) is 4. The third-order valence-corrected chi connectivity index (χ3v) is 5.04. The van der Waals surface area contributed by atoms with E-state index in [1.807, 2.05) is 6.20 Å². The molecule has 0 amide bonds. The van der Waals surface area contributed by atoms with Crippen molar-refractivity contribution in [2.45, 2.75) is 12.5 Å². The highest BCUT2D eigenvalue weighted by Gasteiger charge is 2.24. The molecule has 0 unspecified atom stereocenters. The average molecular weight is 405 g/mol. The third kappa shape index (κ3) is 2.50. The van der Waals surface area contributed by atoms with Gasteiger partial charge < -0.3 is 10.6 Å². The summed E-state index contributed by atoms with van der Waals surface area (Å²) in [7, 11) is 0. The van der Waals surface area contributed by atoms with E-state index in [-0.39, 0.29) is 6.04 Å². The molecule has 6 heteroatoms. The van der Waals surface area contributed by atoms with Gasteiger partial charge in [0.15, 0.2) is 0 Å². The van der Waals surface area contributed by atoms with Crippen LogP contribution in [-0.4, -0.2) is 39.4 Å². The van der Waals surface area contributed by atoms with E-state index in [0.29, 0.717) is 0 Å². The van der Waals surface area contributed by atoms with Gasteiger partial charge in [-0.05, 0) is 40.6 Å². The van der Waals surface area contributed by atoms with Gasteiger partial charge in [0.2, 0.25) is 0 Å². The molecule has 1 aromatic carbocycles. The molecule has 0 radical (unpaired) electrons. The van der Waals surface area contributed by atoms with Crippen molar-refractivity contribution in [3.63, 3.8) is 0 Å². The van der Waals surface area contributed by atoms with Gasteiger partial charge in [-0.15, -0.1) is 0 Å². The third-order valence-electron chi connectivity index (χ3n) is 4.12. The quantitative estimate of drug-likeness (QED) is 0.777. The lowest BCUT2D eigenvalue weighted by atomic mass is 9.99. The Kier molecular flexibility index (Phi) is 3.57. The first-order chi connectivity index (χ1) is 10.7. The molecule has 1 saturated heterocycles. The number of rotatable bonds is 2. The summed E-state index contributed by atoms with van der Waals surface area (Å²) in [5.74, 6) is 0.903. The molecular formula is C16H16IN5. The number of halogens is 1. The van der Waals surface area contributed by atoms with E-state index >= 15 is 0 Å². The first-order valence-electron chi connectivity index (χ1n) is 7.37. The largest absolute Gasteiger partial charge is 0.352 e. The fourth-order valence-electron chi connectivity index (χ4n) is 2.85. The Labute approximate surface area is 142 Å². The maximum atomic E-state index is 5.84. The highest BCUT2D eigenvalue weighted by atomic mass is 127. The van der Waals surface area contributed by atoms with Crippen LogP contribution in [0.25, 0.3) is 11.3 Å². The summed E-state index contributed by atoms with van der Waals surface area (Å²) < 4.78 is 1.08. The SMILES string of the molecule is NC1CN(c2cncc(-c3ccc4c(c3)C(I)=NCC4)n2)C1. The molecule has 0 atom stereocenters. The predicted octanol–water partition coefficient (Wildman–Crippen LogP) is 2.03. The summed E-state index contributed by atoms with van der Waals surface area (Å²) in [6, 6.07) is 6.75. The number of fused-ring (bicyclic) bond motifs is 1. The smallest absolute Gasteiger partial charge is 0.147 e. The first-order valence-corrected chi connectivity index (χ1v) is 8.45. The van der Waals surface area contributed by atoms with Crippen molar-refractivity contribution in [3.8, 4) is 11.3 Å². The zero-order valence-corrected chi connectivity index (χ0v) is 14.2. The molecule has 0 saturated carbocycles. The van der Waals surface area contributed by atoms with Crippen LogP contribution in [0, 0.1) is 0 Å². The number of anilines is 1. The van der Waals surface area contributed by atoms with Crippen molar-refractivity contribution in [1.82, 2.24) is 9.97 Å². The topological polar surface area (TPSA) is 67.4 Å². The predicted molar refractivity (Wildman–Crippen MR) is 96.8 cm³/mol. The second-order valence-electron chi connectivity index (χ2n) is 5.72. The lowest BCUT2D eigenvalue weighted by Gasteiger charge is -2.37. The molecule has 4 rings (SSSR count). The highest BCUT2D eigenvalue weighted by Crippen LogP contribution is 2.27. The van der Waals surface area contributed by atoms with Crippen LogP contribution < -0.4 is 10.6 Å². The number of hydrogen-bond donors (Lipinski definition) is 1. The molecule has 1 fully saturated rings. The van der Waals surface area contributed by atoms with Gasteiger partial charge in [-0.25, -0.2) is 4.98 Å². The number of benzene rings is 1. The van der Waals surface area contributed by atoms with Gasteiger partial charge in [0, 0.05) is 36.8 Å². The summed E-state index contributed by atoms with van der Waals surface area (Å²) in [6.07, 6.45) is 4.64. The van der Waals surface area contributed by atoms with Gasteiger partial charge in [-0.2, -0.15) is 0 Å². The highest BCUT2D eigenvalue weighted by molar-refractivity contribution is 14.1. The van der Waals surface area contributed by atoms with Gasteiger partial charge >= 0.3 is 0 Å². The van der Waals surface area contributed by atoms with E-state index in [9.17, 15) is 0 Å². The Balaban J connectivity index is 1.69. The Morgan fingerprint density at radius 3 is 2.91 bits per heavy atom. The summed E-state index contributed by atoms with van der Waals surface area (Å²) in [5, 5.41) is 0. The number of nitrogens with two attached hydrogens (primary N) is 1. The van der Waals surface area contributed by atoms with Crippen LogP contribution in [0.2, 0.25) is 0 Å². The normalized spacial score (nSPS) is 17.7. The minimum atomic E-state index is 0.256. The van der Waals surface area contributed by atoms with Crippen LogP contribution in [0.5, 0.6) is 0 Å². The maximum Gasteiger partial charge on any atom is 0.147 e. The van der Waals surface area contributed by atoms with Crippen molar-refractivity contribution in [3.05, 3.63) is 41.7 Å². The molecule has 0 bridgehead atoms.